The molecule has 0 unspecified atom stereocenters. The molecule has 18 heavy (non-hydrogen) atoms. The molecule has 0 amide bonds. The Labute approximate surface area is 111 Å². The lowest BCUT2D eigenvalue weighted by atomic mass is 10.1. The van der Waals surface area contributed by atoms with Crippen LogP contribution in [0.3, 0.4) is 0 Å². The molecule has 0 bridgehead atoms. The molecule has 2 rings (SSSR count). The number of hydrogen-bond acceptors (Lipinski definition) is 3. The topological polar surface area (TPSA) is 28.2 Å². The van der Waals surface area contributed by atoms with Crippen LogP contribution in [-0.2, 0) is 6.54 Å². The van der Waals surface area contributed by atoms with Gasteiger partial charge in [0, 0.05) is 32.4 Å². The predicted octanol–water partition coefficient (Wildman–Crippen LogP) is 2.82. The van der Waals surface area contributed by atoms with Crippen LogP contribution in [0, 0.1) is 5.92 Å². The highest BCUT2D eigenvalue weighted by Crippen LogP contribution is 2.19. The summed E-state index contributed by atoms with van der Waals surface area (Å²) in [5.74, 6) is 1.82. The van der Waals surface area contributed by atoms with E-state index in [4.69, 9.17) is 0 Å². The van der Waals surface area contributed by atoms with E-state index in [0.717, 1.165) is 30.9 Å². The lowest BCUT2D eigenvalue weighted by molar-refractivity contribution is 0.583. The minimum Gasteiger partial charge on any atom is -0.360 e. The smallest absolute Gasteiger partial charge is 0.128 e. The van der Waals surface area contributed by atoms with E-state index in [-0.39, 0.29) is 0 Å². The SMILES string of the molecule is CC(C)CCN(C)c1ccc(CNC2CC2)cn1. The second-order valence-electron chi connectivity index (χ2n) is 5.78. The van der Waals surface area contributed by atoms with Crippen LogP contribution in [0.2, 0.25) is 0 Å². The molecule has 1 fully saturated rings. The average Bonchev–Trinajstić information content (AvgIpc) is 3.18. The standard InChI is InChI=1S/C15H25N3/c1-12(2)8-9-18(3)15-7-4-13(11-17-15)10-16-14-5-6-14/h4,7,11-12,14,16H,5-6,8-10H2,1-3H3. The van der Waals surface area contributed by atoms with Crippen molar-refractivity contribution in [1.82, 2.24) is 10.3 Å². The van der Waals surface area contributed by atoms with Gasteiger partial charge in [-0.1, -0.05) is 19.9 Å². The second-order valence-corrected chi connectivity index (χ2v) is 5.78. The third-order valence-electron chi connectivity index (χ3n) is 3.41. The number of nitrogens with zero attached hydrogens (tertiary/aromatic N) is 2. The van der Waals surface area contributed by atoms with Crippen LogP contribution in [0.15, 0.2) is 18.3 Å². The molecule has 1 aliphatic carbocycles. The van der Waals surface area contributed by atoms with Gasteiger partial charge in [0.05, 0.1) is 0 Å². The molecule has 1 heterocycles. The molecule has 0 aromatic carbocycles. The van der Waals surface area contributed by atoms with Crippen molar-refractivity contribution in [2.45, 2.75) is 45.7 Å². The molecule has 0 atom stereocenters. The Morgan fingerprint density at radius 2 is 2.17 bits per heavy atom. The van der Waals surface area contributed by atoms with Crippen LogP contribution >= 0.6 is 0 Å². The molecule has 3 heteroatoms. The van der Waals surface area contributed by atoms with Crippen molar-refractivity contribution in [2.24, 2.45) is 5.92 Å². The van der Waals surface area contributed by atoms with E-state index in [9.17, 15) is 0 Å². The highest BCUT2D eigenvalue weighted by Gasteiger charge is 2.19. The summed E-state index contributed by atoms with van der Waals surface area (Å²) in [4.78, 5) is 6.78. The van der Waals surface area contributed by atoms with Crippen molar-refractivity contribution < 1.29 is 0 Å². The minimum absolute atomic E-state index is 0.745. The zero-order valence-electron chi connectivity index (χ0n) is 11.8. The zero-order valence-corrected chi connectivity index (χ0v) is 11.8. The Hall–Kier alpha value is -1.09. The molecule has 3 nitrogen and oxygen atoms in total. The van der Waals surface area contributed by atoms with E-state index >= 15 is 0 Å². The summed E-state index contributed by atoms with van der Waals surface area (Å²) in [6, 6.07) is 5.08. The van der Waals surface area contributed by atoms with Gasteiger partial charge < -0.3 is 10.2 Å². The molecular formula is C15H25N3. The predicted molar refractivity (Wildman–Crippen MR) is 76.8 cm³/mol. The lowest BCUT2D eigenvalue weighted by Crippen LogP contribution is -2.21. The first kappa shape index (κ1) is 13.3. The summed E-state index contributed by atoms with van der Waals surface area (Å²) in [6.07, 6.45) is 5.88. The Morgan fingerprint density at radius 3 is 2.72 bits per heavy atom. The molecule has 1 N–H and O–H groups in total. The van der Waals surface area contributed by atoms with Crippen molar-refractivity contribution >= 4 is 5.82 Å². The fraction of sp³-hybridized carbons (Fsp3) is 0.667. The van der Waals surface area contributed by atoms with E-state index in [1.54, 1.807) is 0 Å². The average molecular weight is 247 g/mol. The van der Waals surface area contributed by atoms with Gasteiger partial charge in [0.2, 0.25) is 0 Å². The highest BCUT2D eigenvalue weighted by molar-refractivity contribution is 5.38. The van der Waals surface area contributed by atoms with Crippen molar-refractivity contribution in [1.29, 1.82) is 0 Å². The Morgan fingerprint density at radius 1 is 1.39 bits per heavy atom. The largest absolute Gasteiger partial charge is 0.360 e. The first-order valence-electron chi connectivity index (χ1n) is 7.04. The van der Waals surface area contributed by atoms with Crippen LogP contribution in [0.4, 0.5) is 5.82 Å². The van der Waals surface area contributed by atoms with Crippen LogP contribution in [0.1, 0.15) is 38.7 Å². The summed E-state index contributed by atoms with van der Waals surface area (Å²) in [5.41, 5.74) is 1.28. The third kappa shape index (κ3) is 4.30. The van der Waals surface area contributed by atoms with E-state index in [1.165, 1.54) is 24.8 Å². The van der Waals surface area contributed by atoms with Gasteiger partial charge in [-0.25, -0.2) is 4.98 Å². The maximum atomic E-state index is 4.54. The van der Waals surface area contributed by atoms with Gasteiger partial charge in [0.15, 0.2) is 0 Å². The number of hydrogen-bond donors (Lipinski definition) is 1. The Kier molecular flexibility index (Phi) is 4.59. The molecule has 1 aliphatic rings. The van der Waals surface area contributed by atoms with Gasteiger partial charge in [-0.2, -0.15) is 0 Å². The zero-order chi connectivity index (χ0) is 13.0. The number of pyridine rings is 1. The number of aromatic nitrogens is 1. The van der Waals surface area contributed by atoms with Crippen LogP contribution in [-0.4, -0.2) is 24.6 Å². The highest BCUT2D eigenvalue weighted by atomic mass is 15.2. The summed E-state index contributed by atoms with van der Waals surface area (Å²) in [5, 5.41) is 3.51. The van der Waals surface area contributed by atoms with Crippen LogP contribution in [0.5, 0.6) is 0 Å². The van der Waals surface area contributed by atoms with E-state index < -0.39 is 0 Å². The summed E-state index contributed by atoms with van der Waals surface area (Å²) >= 11 is 0. The van der Waals surface area contributed by atoms with Crippen molar-refractivity contribution in [3.63, 3.8) is 0 Å². The van der Waals surface area contributed by atoms with Gasteiger partial charge in [0.25, 0.3) is 0 Å². The third-order valence-corrected chi connectivity index (χ3v) is 3.41. The molecule has 1 aromatic heterocycles. The second kappa shape index (κ2) is 6.19. The van der Waals surface area contributed by atoms with Gasteiger partial charge in [0.1, 0.15) is 5.82 Å². The van der Waals surface area contributed by atoms with Gasteiger partial charge >= 0.3 is 0 Å². The quantitative estimate of drug-likeness (QED) is 0.803. The molecular weight excluding hydrogens is 222 g/mol. The normalized spacial score (nSPS) is 15.1. The van der Waals surface area contributed by atoms with Crippen molar-refractivity contribution in [3.05, 3.63) is 23.9 Å². The molecule has 0 radical (unpaired) electrons. The van der Waals surface area contributed by atoms with E-state index in [2.05, 4.69) is 48.2 Å². The molecule has 1 aromatic rings. The maximum Gasteiger partial charge on any atom is 0.128 e. The molecule has 0 saturated heterocycles. The number of rotatable bonds is 7. The number of nitrogens with one attached hydrogen (secondary N) is 1. The van der Waals surface area contributed by atoms with E-state index in [0.29, 0.717) is 0 Å². The lowest BCUT2D eigenvalue weighted by Gasteiger charge is -2.19. The van der Waals surface area contributed by atoms with Crippen molar-refractivity contribution in [3.8, 4) is 0 Å². The molecule has 0 spiro atoms. The fourth-order valence-electron chi connectivity index (χ4n) is 1.86. The monoisotopic (exact) mass is 247 g/mol. The Bertz CT molecular complexity index is 355. The summed E-state index contributed by atoms with van der Waals surface area (Å²) in [6.45, 7) is 6.54. The van der Waals surface area contributed by atoms with Gasteiger partial charge in [-0.15, -0.1) is 0 Å². The van der Waals surface area contributed by atoms with E-state index in [1.807, 2.05) is 6.20 Å². The first-order valence-corrected chi connectivity index (χ1v) is 7.04. The summed E-state index contributed by atoms with van der Waals surface area (Å²) in [7, 11) is 2.12. The molecule has 1 saturated carbocycles. The summed E-state index contributed by atoms with van der Waals surface area (Å²) < 4.78 is 0. The fourth-order valence-corrected chi connectivity index (χ4v) is 1.86. The molecule has 100 valence electrons. The molecule has 0 aliphatic heterocycles. The number of anilines is 1. The van der Waals surface area contributed by atoms with Gasteiger partial charge in [-0.3, -0.25) is 0 Å². The Balaban J connectivity index is 1.81. The van der Waals surface area contributed by atoms with Crippen molar-refractivity contribution in [2.75, 3.05) is 18.5 Å². The first-order chi connectivity index (χ1) is 8.65. The minimum atomic E-state index is 0.745. The van der Waals surface area contributed by atoms with Crippen LogP contribution in [0.25, 0.3) is 0 Å². The van der Waals surface area contributed by atoms with Gasteiger partial charge in [-0.05, 0) is 36.8 Å². The maximum absolute atomic E-state index is 4.54. The van der Waals surface area contributed by atoms with Crippen LogP contribution < -0.4 is 10.2 Å².